The molecule has 8 nitrogen and oxygen atoms in total. The Kier molecular flexibility index (Phi) is 10.9. The molecule has 41 heavy (non-hydrogen) atoms. The fourth-order valence-electron chi connectivity index (χ4n) is 4.30. The number of rotatable bonds is 11. The Morgan fingerprint density at radius 2 is 1.22 bits per heavy atom. The van der Waals surface area contributed by atoms with E-state index >= 15 is 0 Å². The number of amides is 2. The van der Waals surface area contributed by atoms with Crippen LogP contribution in [-0.4, -0.2) is 66.7 Å². The number of carbonyl (C=O) groups is 3. The van der Waals surface area contributed by atoms with Gasteiger partial charge in [0.25, 0.3) is 0 Å². The standard InChI is InChI=1S/C33H40N2O6/c1-33(2,3)41-31(37)29(22-24-13-9-7-10-14-24)34(4)30(36)28(21-25-17-19-27(39-6)20-18-25)35(5)32(38)40-23-26-15-11-8-12-16-26/h7-20,28-29H,21-23H2,1-6H3/t28-,29-/m0/s1. The van der Waals surface area contributed by atoms with Crippen LogP contribution in [0.25, 0.3) is 0 Å². The topological polar surface area (TPSA) is 85.4 Å². The van der Waals surface area contributed by atoms with Crippen molar-refractivity contribution in [2.45, 2.75) is 57.9 Å². The highest BCUT2D eigenvalue weighted by atomic mass is 16.6. The molecule has 3 aromatic carbocycles. The quantitative estimate of drug-likeness (QED) is 0.297. The first kappa shape index (κ1) is 31.2. The van der Waals surface area contributed by atoms with E-state index in [0.717, 1.165) is 16.7 Å². The number of benzene rings is 3. The van der Waals surface area contributed by atoms with Crippen LogP contribution in [-0.2, 0) is 38.5 Å². The predicted molar refractivity (Wildman–Crippen MR) is 157 cm³/mol. The number of ether oxygens (including phenoxy) is 3. The minimum absolute atomic E-state index is 0.0673. The summed E-state index contributed by atoms with van der Waals surface area (Å²) in [5.41, 5.74) is 1.79. The van der Waals surface area contributed by atoms with Gasteiger partial charge < -0.3 is 19.1 Å². The molecular weight excluding hydrogens is 520 g/mol. The van der Waals surface area contributed by atoms with Gasteiger partial charge in [-0.25, -0.2) is 9.59 Å². The zero-order chi connectivity index (χ0) is 30.0. The zero-order valence-corrected chi connectivity index (χ0v) is 24.7. The maximum Gasteiger partial charge on any atom is 0.410 e. The van der Waals surface area contributed by atoms with Gasteiger partial charge in [-0.05, 0) is 49.6 Å². The van der Waals surface area contributed by atoms with E-state index in [9.17, 15) is 14.4 Å². The molecular formula is C33H40N2O6. The molecule has 3 rings (SSSR count). The smallest absolute Gasteiger partial charge is 0.410 e. The van der Waals surface area contributed by atoms with Crippen LogP contribution in [0, 0.1) is 0 Å². The van der Waals surface area contributed by atoms with E-state index in [1.807, 2.05) is 72.8 Å². The second kappa shape index (κ2) is 14.3. The maximum absolute atomic E-state index is 14.1. The molecule has 8 heteroatoms. The highest BCUT2D eigenvalue weighted by molar-refractivity contribution is 5.90. The molecule has 0 aliphatic heterocycles. The van der Waals surface area contributed by atoms with Gasteiger partial charge in [-0.15, -0.1) is 0 Å². The molecule has 0 heterocycles. The summed E-state index contributed by atoms with van der Waals surface area (Å²) in [6.07, 6.45) is -0.183. The summed E-state index contributed by atoms with van der Waals surface area (Å²) in [7, 11) is 4.69. The van der Waals surface area contributed by atoms with Gasteiger partial charge in [0.2, 0.25) is 5.91 Å². The van der Waals surface area contributed by atoms with Crippen LogP contribution in [0.3, 0.4) is 0 Å². The zero-order valence-electron chi connectivity index (χ0n) is 24.7. The van der Waals surface area contributed by atoms with Gasteiger partial charge in [0, 0.05) is 26.9 Å². The number of hydrogen-bond acceptors (Lipinski definition) is 6. The van der Waals surface area contributed by atoms with Gasteiger partial charge in [-0.2, -0.15) is 0 Å². The summed E-state index contributed by atoms with van der Waals surface area (Å²) in [5.74, 6) is -0.251. The molecule has 218 valence electrons. The molecule has 0 aliphatic rings. The first-order valence-electron chi connectivity index (χ1n) is 13.6. The third-order valence-corrected chi connectivity index (χ3v) is 6.60. The number of nitrogens with zero attached hydrogens (tertiary/aromatic N) is 2. The molecule has 3 aromatic rings. The van der Waals surface area contributed by atoms with Gasteiger partial charge in [0.15, 0.2) is 0 Å². The average molecular weight is 561 g/mol. The van der Waals surface area contributed by atoms with E-state index in [0.29, 0.717) is 5.75 Å². The number of carbonyl (C=O) groups excluding carboxylic acids is 3. The van der Waals surface area contributed by atoms with E-state index in [2.05, 4.69) is 0 Å². The van der Waals surface area contributed by atoms with Crippen LogP contribution in [0.15, 0.2) is 84.9 Å². The normalized spacial score (nSPS) is 12.5. The Morgan fingerprint density at radius 3 is 1.76 bits per heavy atom. The van der Waals surface area contributed by atoms with E-state index in [1.165, 1.54) is 16.8 Å². The molecule has 2 atom stereocenters. The Bertz CT molecular complexity index is 1270. The largest absolute Gasteiger partial charge is 0.497 e. The highest BCUT2D eigenvalue weighted by Gasteiger charge is 2.37. The van der Waals surface area contributed by atoms with Crippen LogP contribution in [0.2, 0.25) is 0 Å². The maximum atomic E-state index is 14.1. The number of likely N-dealkylation sites (N-methyl/N-ethyl adjacent to an activating group) is 2. The lowest BCUT2D eigenvalue weighted by Crippen LogP contribution is -2.55. The molecule has 0 spiro atoms. The molecule has 0 fully saturated rings. The lowest BCUT2D eigenvalue weighted by Gasteiger charge is -2.35. The summed E-state index contributed by atoms with van der Waals surface area (Å²) >= 11 is 0. The van der Waals surface area contributed by atoms with Crippen LogP contribution in [0.4, 0.5) is 4.79 Å². The van der Waals surface area contributed by atoms with Crippen molar-refractivity contribution in [3.8, 4) is 5.75 Å². The minimum Gasteiger partial charge on any atom is -0.497 e. The molecule has 0 aromatic heterocycles. The van der Waals surface area contributed by atoms with Crippen molar-refractivity contribution >= 4 is 18.0 Å². The first-order chi connectivity index (χ1) is 19.5. The molecule has 0 unspecified atom stereocenters. The number of hydrogen-bond donors (Lipinski definition) is 0. The average Bonchev–Trinajstić information content (AvgIpc) is 2.96. The molecule has 0 saturated carbocycles. The van der Waals surface area contributed by atoms with Crippen molar-refractivity contribution in [1.82, 2.24) is 9.80 Å². The Hall–Kier alpha value is -4.33. The summed E-state index contributed by atoms with van der Waals surface area (Å²) < 4.78 is 16.5. The Morgan fingerprint density at radius 1 is 0.707 bits per heavy atom. The van der Waals surface area contributed by atoms with Gasteiger partial charge in [-0.1, -0.05) is 72.8 Å². The van der Waals surface area contributed by atoms with Crippen molar-refractivity contribution in [1.29, 1.82) is 0 Å². The molecule has 2 amide bonds. The van der Waals surface area contributed by atoms with E-state index < -0.39 is 35.7 Å². The fraction of sp³-hybridized carbons (Fsp3) is 0.364. The van der Waals surface area contributed by atoms with Crippen LogP contribution < -0.4 is 4.74 Å². The fourth-order valence-corrected chi connectivity index (χ4v) is 4.30. The SMILES string of the molecule is COc1ccc(C[C@@H](C(=O)N(C)[C@@H](Cc2ccccc2)C(=O)OC(C)(C)C)N(C)C(=O)OCc2ccccc2)cc1. The molecule has 0 aliphatic carbocycles. The van der Waals surface area contributed by atoms with Gasteiger partial charge in [0.05, 0.1) is 7.11 Å². The summed E-state index contributed by atoms with van der Waals surface area (Å²) in [6.45, 7) is 5.43. The third-order valence-electron chi connectivity index (χ3n) is 6.60. The van der Waals surface area contributed by atoms with Crippen molar-refractivity contribution in [3.05, 3.63) is 102 Å². The molecule has 0 bridgehead atoms. The first-order valence-corrected chi connectivity index (χ1v) is 13.6. The second-order valence-corrected chi connectivity index (χ2v) is 10.9. The van der Waals surface area contributed by atoms with Crippen LogP contribution in [0.1, 0.15) is 37.5 Å². The van der Waals surface area contributed by atoms with E-state index in [1.54, 1.807) is 47.1 Å². The molecule has 0 N–H and O–H groups in total. The Balaban J connectivity index is 1.89. The number of methoxy groups -OCH3 is 1. The summed E-state index contributed by atoms with van der Waals surface area (Å²) in [5, 5.41) is 0. The monoisotopic (exact) mass is 560 g/mol. The summed E-state index contributed by atoms with van der Waals surface area (Å²) in [4.78, 5) is 43.4. The highest BCUT2D eigenvalue weighted by Crippen LogP contribution is 2.20. The Labute approximate surface area is 242 Å². The van der Waals surface area contributed by atoms with Crippen LogP contribution >= 0.6 is 0 Å². The number of esters is 1. The lowest BCUT2D eigenvalue weighted by atomic mass is 10.0. The van der Waals surface area contributed by atoms with E-state index in [4.69, 9.17) is 14.2 Å². The van der Waals surface area contributed by atoms with Gasteiger partial charge in [-0.3, -0.25) is 9.69 Å². The van der Waals surface area contributed by atoms with Gasteiger partial charge >= 0.3 is 12.1 Å². The van der Waals surface area contributed by atoms with Crippen molar-refractivity contribution in [2.24, 2.45) is 0 Å². The van der Waals surface area contributed by atoms with E-state index in [-0.39, 0.29) is 19.4 Å². The lowest BCUT2D eigenvalue weighted by molar-refractivity contribution is -0.164. The van der Waals surface area contributed by atoms with Crippen LogP contribution in [0.5, 0.6) is 5.75 Å². The minimum atomic E-state index is -0.947. The van der Waals surface area contributed by atoms with Crippen molar-refractivity contribution < 1.29 is 28.6 Å². The van der Waals surface area contributed by atoms with Crippen molar-refractivity contribution in [3.63, 3.8) is 0 Å². The molecule has 0 saturated heterocycles. The van der Waals surface area contributed by atoms with Crippen molar-refractivity contribution in [2.75, 3.05) is 21.2 Å². The molecule has 0 radical (unpaired) electrons. The predicted octanol–water partition coefficient (Wildman–Crippen LogP) is 5.29. The van der Waals surface area contributed by atoms with Gasteiger partial charge in [0.1, 0.15) is 30.0 Å². The summed E-state index contributed by atoms with van der Waals surface area (Å²) in [6, 6.07) is 24.2. The third kappa shape index (κ3) is 9.38. The second-order valence-electron chi connectivity index (χ2n) is 10.9.